The predicted molar refractivity (Wildman–Crippen MR) is 233 cm³/mol. The Bertz CT molecular complexity index is 1020. The smallest absolute Gasteiger partial charge is 0.463 e. The first kappa shape index (κ1) is 53.5. The fourth-order valence-electron chi connectivity index (χ4n) is 5.86. The van der Waals surface area contributed by atoms with Crippen LogP contribution < -0.4 is 0 Å². The number of hydrogen-bond donors (Lipinski definition) is 1. The maximum Gasteiger partial charge on any atom is 0.472 e. The van der Waals surface area contributed by atoms with Crippen molar-refractivity contribution in [2.24, 2.45) is 0 Å². The number of hydrogen-bond acceptors (Lipinski definition) is 6. The molecule has 1 unspecified atom stereocenters. The number of phosphoric ester groups is 1. The fourth-order valence-corrected chi connectivity index (χ4v) is 6.60. The number of rotatable bonds is 41. The minimum absolute atomic E-state index is 0.0202. The van der Waals surface area contributed by atoms with Crippen LogP contribution in [0.3, 0.4) is 0 Å². The summed E-state index contributed by atoms with van der Waals surface area (Å²) in [6.45, 7) is 5.38. The van der Waals surface area contributed by atoms with Crippen LogP contribution in [0, 0.1) is 0 Å². The quantitative estimate of drug-likeness (QED) is 0.0217. The second-order valence-electron chi connectivity index (χ2n) is 16.1. The number of nitrogens with zero attached hydrogens (tertiary/aromatic N) is 1. The lowest BCUT2D eigenvalue weighted by Gasteiger charge is -2.24. The van der Waals surface area contributed by atoms with Gasteiger partial charge in [0.15, 0.2) is 0 Å². The van der Waals surface area contributed by atoms with Crippen molar-refractivity contribution in [2.75, 3.05) is 54.1 Å². The molecule has 0 bridgehead atoms. The summed E-state index contributed by atoms with van der Waals surface area (Å²) in [5, 5.41) is 0. The second kappa shape index (κ2) is 39.3. The van der Waals surface area contributed by atoms with Crippen molar-refractivity contribution < 1.29 is 37.3 Å². The molecule has 9 heteroatoms. The van der Waals surface area contributed by atoms with E-state index in [1.807, 2.05) is 21.1 Å². The number of carbonyl (C=O) groups is 1. The first-order chi connectivity index (χ1) is 26.6. The zero-order chi connectivity index (χ0) is 40.6. The summed E-state index contributed by atoms with van der Waals surface area (Å²) in [6.07, 6.45) is 47.3. The topological polar surface area (TPSA) is 91.3 Å². The number of carbonyl (C=O) groups excluding carboxylic acids is 1. The van der Waals surface area contributed by atoms with Gasteiger partial charge in [-0.05, 0) is 57.8 Å². The molecule has 1 N–H and O–H groups in total. The fraction of sp³-hybridized carbons (Fsp3) is 0.804. The highest BCUT2D eigenvalue weighted by Gasteiger charge is 2.25. The molecule has 0 radical (unpaired) electrons. The van der Waals surface area contributed by atoms with Crippen molar-refractivity contribution in [3.63, 3.8) is 0 Å². The van der Waals surface area contributed by atoms with Gasteiger partial charge >= 0.3 is 13.8 Å². The Morgan fingerprint density at radius 3 is 1.49 bits per heavy atom. The number of allylic oxidation sites excluding steroid dienone is 8. The molecule has 2 atom stereocenters. The van der Waals surface area contributed by atoms with Gasteiger partial charge in [0.2, 0.25) is 0 Å². The normalized spacial score (nSPS) is 14.2. The van der Waals surface area contributed by atoms with E-state index in [1.165, 1.54) is 103 Å². The van der Waals surface area contributed by atoms with Gasteiger partial charge in [0, 0.05) is 13.0 Å². The molecule has 0 saturated carbocycles. The number of likely N-dealkylation sites (N-methyl/N-ethyl adjacent to an activating group) is 1. The van der Waals surface area contributed by atoms with Crippen molar-refractivity contribution in [2.45, 2.75) is 187 Å². The molecule has 0 aromatic rings. The maximum atomic E-state index is 12.5. The van der Waals surface area contributed by atoms with E-state index in [1.54, 1.807) is 0 Å². The number of unbranched alkanes of at least 4 members (excludes halogenated alkanes) is 19. The van der Waals surface area contributed by atoms with Crippen LogP contribution >= 0.6 is 7.82 Å². The Labute approximate surface area is 339 Å². The average Bonchev–Trinajstić information content (AvgIpc) is 3.14. The Hall–Kier alpha value is -1.54. The van der Waals surface area contributed by atoms with E-state index >= 15 is 0 Å². The van der Waals surface area contributed by atoms with E-state index in [4.69, 9.17) is 18.5 Å². The summed E-state index contributed by atoms with van der Waals surface area (Å²) in [5.74, 6) is -0.268. The SMILES string of the molecule is CCCCC/C=C\C/C=C\C/C=C\C/C=C\CCCCO[C@H](COC(=O)CCCCCCCCCCCCCCCCC)COP(=O)(O)OCC[N+](C)(C)C. The monoisotopic (exact) mass is 797 g/mol. The van der Waals surface area contributed by atoms with Crippen LogP contribution in [-0.2, 0) is 27.9 Å². The van der Waals surface area contributed by atoms with E-state index < -0.39 is 13.9 Å². The van der Waals surface area contributed by atoms with Crippen LogP contribution in [0.1, 0.15) is 181 Å². The zero-order valence-electron chi connectivity index (χ0n) is 36.4. The van der Waals surface area contributed by atoms with E-state index in [-0.39, 0.29) is 25.8 Å². The van der Waals surface area contributed by atoms with Crippen LogP contribution in [0.4, 0.5) is 0 Å². The molecule has 0 saturated heterocycles. The number of ether oxygens (including phenoxy) is 2. The molecular weight excluding hydrogens is 709 g/mol. The van der Waals surface area contributed by atoms with Gasteiger partial charge in [0.1, 0.15) is 25.9 Å². The largest absolute Gasteiger partial charge is 0.472 e. The summed E-state index contributed by atoms with van der Waals surface area (Å²) in [5.41, 5.74) is 0. The molecule has 0 aromatic heterocycles. The van der Waals surface area contributed by atoms with E-state index in [2.05, 4.69) is 62.5 Å². The molecule has 322 valence electrons. The standard InChI is InChI=1S/C46H86NO7P/c1-6-8-10-12-14-16-18-20-22-23-24-26-28-30-32-34-36-38-41-51-45(44-54-55(49,50)53-42-40-47(3,4)5)43-52-46(48)39-37-35-33-31-29-27-25-21-19-17-15-13-11-9-7-2/h14,16,20,22,24,26,30,32,45H,6-13,15,17-19,21,23,25,27-29,31,33-44H2,1-5H3/p+1/b16-14-,22-20-,26-24-,32-30-/t45-/m1/s1. The molecule has 0 rings (SSSR count). The molecule has 0 aliphatic heterocycles. The van der Waals surface area contributed by atoms with Gasteiger partial charge in [-0.3, -0.25) is 13.8 Å². The Morgan fingerprint density at radius 1 is 0.564 bits per heavy atom. The van der Waals surface area contributed by atoms with Crippen molar-refractivity contribution in [1.29, 1.82) is 0 Å². The van der Waals surface area contributed by atoms with Gasteiger partial charge in [-0.1, -0.05) is 165 Å². The van der Waals surface area contributed by atoms with Crippen LogP contribution in [0.2, 0.25) is 0 Å². The van der Waals surface area contributed by atoms with Crippen LogP contribution in [0.25, 0.3) is 0 Å². The zero-order valence-corrected chi connectivity index (χ0v) is 37.3. The van der Waals surface area contributed by atoms with Crippen molar-refractivity contribution in [3.8, 4) is 0 Å². The molecule has 0 amide bonds. The van der Waals surface area contributed by atoms with Gasteiger partial charge in [-0.2, -0.15) is 0 Å². The molecule has 0 aliphatic rings. The molecule has 0 spiro atoms. The summed E-state index contributed by atoms with van der Waals surface area (Å²) in [7, 11) is 1.68. The highest BCUT2D eigenvalue weighted by molar-refractivity contribution is 7.47. The highest BCUT2D eigenvalue weighted by atomic mass is 31.2. The summed E-state index contributed by atoms with van der Waals surface area (Å²) >= 11 is 0. The first-order valence-corrected chi connectivity index (χ1v) is 23.9. The number of quaternary nitrogens is 1. The highest BCUT2D eigenvalue weighted by Crippen LogP contribution is 2.43. The lowest BCUT2D eigenvalue weighted by molar-refractivity contribution is -0.870. The van der Waals surface area contributed by atoms with Crippen molar-refractivity contribution in [3.05, 3.63) is 48.6 Å². The van der Waals surface area contributed by atoms with E-state index in [0.717, 1.165) is 57.8 Å². The molecule has 0 aromatic carbocycles. The van der Waals surface area contributed by atoms with Crippen LogP contribution in [0.5, 0.6) is 0 Å². The van der Waals surface area contributed by atoms with E-state index in [0.29, 0.717) is 24.1 Å². The lowest BCUT2D eigenvalue weighted by atomic mass is 10.0. The van der Waals surface area contributed by atoms with Gasteiger partial charge in [-0.15, -0.1) is 0 Å². The Kier molecular flexibility index (Phi) is 38.2. The van der Waals surface area contributed by atoms with Gasteiger partial charge in [0.05, 0.1) is 27.7 Å². The summed E-state index contributed by atoms with van der Waals surface area (Å²) in [6, 6.07) is 0. The second-order valence-corrected chi connectivity index (χ2v) is 17.5. The summed E-state index contributed by atoms with van der Waals surface area (Å²) in [4.78, 5) is 22.7. The third-order valence-corrected chi connectivity index (χ3v) is 10.4. The molecule has 8 nitrogen and oxygen atoms in total. The first-order valence-electron chi connectivity index (χ1n) is 22.4. The lowest BCUT2D eigenvalue weighted by Crippen LogP contribution is -2.37. The molecule has 0 fully saturated rings. The minimum atomic E-state index is -4.26. The predicted octanol–water partition coefficient (Wildman–Crippen LogP) is 13.2. The number of esters is 1. The third-order valence-electron chi connectivity index (χ3n) is 9.43. The molecule has 0 heterocycles. The van der Waals surface area contributed by atoms with Gasteiger partial charge < -0.3 is 18.9 Å². The van der Waals surface area contributed by atoms with Crippen LogP contribution in [0.15, 0.2) is 48.6 Å². The Morgan fingerprint density at radius 2 is 1.00 bits per heavy atom. The van der Waals surface area contributed by atoms with Crippen LogP contribution in [-0.4, -0.2) is 75.6 Å². The Balaban J connectivity index is 4.31. The molecule has 55 heavy (non-hydrogen) atoms. The van der Waals surface area contributed by atoms with Gasteiger partial charge in [-0.25, -0.2) is 4.57 Å². The van der Waals surface area contributed by atoms with Gasteiger partial charge in [0.25, 0.3) is 0 Å². The molecular formula is C46H87NO7P+. The third kappa shape index (κ3) is 43.4. The molecule has 0 aliphatic carbocycles. The summed E-state index contributed by atoms with van der Waals surface area (Å²) < 4.78 is 35.0. The average molecular weight is 797 g/mol. The minimum Gasteiger partial charge on any atom is -0.463 e. The van der Waals surface area contributed by atoms with Crippen molar-refractivity contribution in [1.82, 2.24) is 0 Å². The maximum absolute atomic E-state index is 12.5. The van der Waals surface area contributed by atoms with Crippen molar-refractivity contribution >= 4 is 13.8 Å². The number of phosphoric acid groups is 1. The van der Waals surface area contributed by atoms with E-state index in [9.17, 15) is 14.3 Å².